The number of carbonyl (C=O) groups excluding carboxylic acids is 1. The van der Waals surface area contributed by atoms with Crippen molar-refractivity contribution in [2.45, 2.75) is 43.7 Å². The van der Waals surface area contributed by atoms with Crippen LogP contribution in [0.25, 0.3) is 11.4 Å². The number of carbonyl (C=O) groups is 1. The molecule has 0 radical (unpaired) electrons. The summed E-state index contributed by atoms with van der Waals surface area (Å²) in [7, 11) is 0. The zero-order valence-electron chi connectivity index (χ0n) is 15.5. The molecule has 1 aliphatic carbocycles. The van der Waals surface area contributed by atoms with E-state index in [9.17, 15) is 4.79 Å². The van der Waals surface area contributed by atoms with Gasteiger partial charge in [-0.3, -0.25) is 9.69 Å². The van der Waals surface area contributed by atoms with E-state index in [0.717, 1.165) is 44.7 Å². The molecule has 1 spiro atoms. The van der Waals surface area contributed by atoms with Crippen molar-refractivity contribution in [1.82, 2.24) is 20.4 Å². The monoisotopic (exact) mass is 368 g/mol. The fourth-order valence-corrected chi connectivity index (χ4v) is 4.24. The molecule has 3 heterocycles. The fourth-order valence-electron chi connectivity index (χ4n) is 4.24. The summed E-state index contributed by atoms with van der Waals surface area (Å²) in [5, 5.41) is 7.20. The molecule has 7 heteroatoms. The molecule has 27 heavy (non-hydrogen) atoms. The first kappa shape index (κ1) is 16.9. The van der Waals surface area contributed by atoms with Crippen molar-refractivity contribution in [3.05, 3.63) is 35.7 Å². The van der Waals surface area contributed by atoms with Crippen LogP contribution in [0.1, 0.15) is 41.9 Å². The van der Waals surface area contributed by atoms with Crippen LogP contribution in [0.2, 0.25) is 0 Å². The Labute approximate surface area is 158 Å². The van der Waals surface area contributed by atoms with E-state index < -0.39 is 0 Å². The van der Waals surface area contributed by atoms with Gasteiger partial charge in [-0.1, -0.05) is 17.3 Å². The van der Waals surface area contributed by atoms with Gasteiger partial charge in [-0.2, -0.15) is 4.98 Å². The van der Waals surface area contributed by atoms with Crippen molar-refractivity contribution in [2.24, 2.45) is 0 Å². The lowest BCUT2D eigenvalue weighted by molar-refractivity contribution is -0.125. The third-order valence-corrected chi connectivity index (χ3v) is 6.14. The van der Waals surface area contributed by atoms with Crippen molar-refractivity contribution in [3.8, 4) is 11.4 Å². The predicted octanol–water partition coefficient (Wildman–Crippen LogP) is 2.17. The Morgan fingerprint density at radius 1 is 1.22 bits per heavy atom. The average molecular weight is 368 g/mol. The van der Waals surface area contributed by atoms with Gasteiger partial charge < -0.3 is 14.6 Å². The minimum atomic E-state index is -0.0759. The van der Waals surface area contributed by atoms with E-state index in [2.05, 4.69) is 20.4 Å². The molecule has 0 unspecified atom stereocenters. The van der Waals surface area contributed by atoms with Gasteiger partial charge in [0.05, 0.1) is 24.3 Å². The van der Waals surface area contributed by atoms with Gasteiger partial charge in [0.1, 0.15) is 0 Å². The summed E-state index contributed by atoms with van der Waals surface area (Å²) in [6, 6.07) is 7.37. The summed E-state index contributed by atoms with van der Waals surface area (Å²) in [5.41, 5.74) is 1.67. The van der Waals surface area contributed by atoms with Gasteiger partial charge in [-0.05, 0) is 44.4 Å². The van der Waals surface area contributed by atoms with E-state index in [1.54, 1.807) is 6.92 Å². The average Bonchev–Trinajstić information content (AvgIpc) is 3.04. The largest absolute Gasteiger partial charge is 0.377 e. The SMILES string of the molecule is Cc1nc(-c2ccc(C(=O)NC3(CN4CCCC45COC5)CC3)cc2)no1. The normalized spacial score (nSPS) is 22.6. The number of likely N-dealkylation sites (tertiary alicyclic amines) is 1. The summed E-state index contributed by atoms with van der Waals surface area (Å²) in [4.78, 5) is 19.5. The molecule has 5 rings (SSSR count). The molecule has 1 amide bonds. The minimum absolute atomic E-state index is 0.0125. The highest BCUT2D eigenvalue weighted by atomic mass is 16.5. The number of rotatable bonds is 5. The standard InChI is InChI=1S/C20H24N4O3/c1-14-21-17(23-27-14)15-3-5-16(6-4-15)18(25)22-19(8-9-19)11-24-10-2-7-20(24)12-26-13-20/h3-6H,2,7-13H2,1H3,(H,22,25). The van der Waals surface area contributed by atoms with Crippen molar-refractivity contribution in [2.75, 3.05) is 26.3 Å². The number of ether oxygens (including phenoxy) is 1. The highest BCUT2D eigenvalue weighted by molar-refractivity contribution is 5.95. The molecule has 3 aliphatic rings. The summed E-state index contributed by atoms with van der Waals surface area (Å²) in [5.74, 6) is 1.06. The third kappa shape index (κ3) is 3.04. The molecular formula is C20H24N4O3. The maximum atomic E-state index is 12.8. The van der Waals surface area contributed by atoms with Crippen LogP contribution in [0.5, 0.6) is 0 Å². The second kappa shape index (κ2) is 6.14. The van der Waals surface area contributed by atoms with Crippen molar-refractivity contribution >= 4 is 5.91 Å². The number of aryl methyl sites for hydroxylation is 1. The summed E-state index contributed by atoms with van der Waals surface area (Å²) in [6.45, 7) is 5.48. The topological polar surface area (TPSA) is 80.5 Å². The Morgan fingerprint density at radius 3 is 2.59 bits per heavy atom. The lowest BCUT2D eigenvalue weighted by Crippen LogP contribution is -2.61. The quantitative estimate of drug-likeness (QED) is 0.871. The Balaban J connectivity index is 1.25. The highest BCUT2D eigenvalue weighted by Crippen LogP contribution is 2.42. The maximum absolute atomic E-state index is 12.8. The first-order chi connectivity index (χ1) is 13.1. The zero-order chi connectivity index (χ0) is 18.5. The first-order valence-electron chi connectivity index (χ1n) is 9.64. The predicted molar refractivity (Wildman–Crippen MR) is 98.3 cm³/mol. The lowest BCUT2D eigenvalue weighted by atomic mass is 9.93. The Hall–Kier alpha value is -2.25. The van der Waals surface area contributed by atoms with E-state index in [-0.39, 0.29) is 17.0 Å². The molecule has 7 nitrogen and oxygen atoms in total. The van der Waals surface area contributed by atoms with E-state index in [1.165, 1.54) is 12.8 Å². The van der Waals surface area contributed by atoms with Crippen molar-refractivity contribution in [1.29, 1.82) is 0 Å². The highest BCUT2D eigenvalue weighted by Gasteiger charge is 2.53. The van der Waals surface area contributed by atoms with Crippen LogP contribution < -0.4 is 5.32 Å². The molecule has 0 bridgehead atoms. The molecule has 1 aromatic carbocycles. The number of amides is 1. The van der Waals surface area contributed by atoms with E-state index in [0.29, 0.717) is 17.3 Å². The van der Waals surface area contributed by atoms with Gasteiger partial charge in [0.25, 0.3) is 5.91 Å². The molecule has 1 aromatic heterocycles. The second-order valence-corrected chi connectivity index (χ2v) is 8.19. The van der Waals surface area contributed by atoms with Gasteiger partial charge in [-0.15, -0.1) is 0 Å². The van der Waals surface area contributed by atoms with Gasteiger partial charge >= 0.3 is 0 Å². The fraction of sp³-hybridized carbons (Fsp3) is 0.550. The summed E-state index contributed by atoms with van der Waals surface area (Å²) < 4.78 is 10.5. The molecular weight excluding hydrogens is 344 g/mol. The summed E-state index contributed by atoms with van der Waals surface area (Å²) >= 11 is 0. The van der Waals surface area contributed by atoms with Crippen LogP contribution in [0.15, 0.2) is 28.8 Å². The molecule has 1 N–H and O–H groups in total. The van der Waals surface area contributed by atoms with Crippen LogP contribution in [-0.4, -0.2) is 58.3 Å². The lowest BCUT2D eigenvalue weighted by Gasteiger charge is -2.46. The number of hydrogen-bond donors (Lipinski definition) is 1. The Morgan fingerprint density at radius 2 is 2.00 bits per heavy atom. The van der Waals surface area contributed by atoms with Crippen LogP contribution in [0.4, 0.5) is 0 Å². The van der Waals surface area contributed by atoms with Crippen LogP contribution in [-0.2, 0) is 4.74 Å². The molecule has 1 saturated carbocycles. The van der Waals surface area contributed by atoms with Crippen molar-refractivity contribution < 1.29 is 14.1 Å². The maximum Gasteiger partial charge on any atom is 0.251 e. The molecule has 142 valence electrons. The molecule has 2 aliphatic heterocycles. The third-order valence-electron chi connectivity index (χ3n) is 6.14. The van der Waals surface area contributed by atoms with Gasteiger partial charge in [0.15, 0.2) is 0 Å². The minimum Gasteiger partial charge on any atom is -0.377 e. The number of hydrogen-bond acceptors (Lipinski definition) is 6. The summed E-state index contributed by atoms with van der Waals surface area (Å²) in [6.07, 6.45) is 4.54. The van der Waals surface area contributed by atoms with Gasteiger partial charge in [0.2, 0.25) is 11.7 Å². The van der Waals surface area contributed by atoms with E-state index >= 15 is 0 Å². The molecule has 2 aromatic rings. The van der Waals surface area contributed by atoms with Crippen LogP contribution in [0, 0.1) is 6.92 Å². The molecule has 3 fully saturated rings. The molecule has 2 saturated heterocycles. The van der Waals surface area contributed by atoms with Crippen LogP contribution in [0.3, 0.4) is 0 Å². The zero-order valence-corrected chi connectivity index (χ0v) is 15.5. The smallest absolute Gasteiger partial charge is 0.251 e. The number of benzene rings is 1. The number of nitrogens with zero attached hydrogens (tertiary/aromatic N) is 3. The first-order valence-corrected chi connectivity index (χ1v) is 9.64. The number of aromatic nitrogens is 2. The Bertz CT molecular complexity index is 852. The van der Waals surface area contributed by atoms with Crippen molar-refractivity contribution in [3.63, 3.8) is 0 Å². The molecule has 0 atom stereocenters. The van der Waals surface area contributed by atoms with E-state index in [1.807, 2.05) is 24.3 Å². The van der Waals surface area contributed by atoms with Gasteiger partial charge in [-0.25, -0.2) is 0 Å². The second-order valence-electron chi connectivity index (χ2n) is 8.19. The Kier molecular flexibility index (Phi) is 3.84. The van der Waals surface area contributed by atoms with E-state index in [4.69, 9.17) is 9.26 Å². The van der Waals surface area contributed by atoms with Crippen LogP contribution >= 0.6 is 0 Å². The van der Waals surface area contributed by atoms with Gasteiger partial charge in [0, 0.05) is 24.6 Å². The number of nitrogens with one attached hydrogen (secondary N) is 1.